The molecule has 6 nitrogen and oxygen atoms in total. The molecule has 0 unspecified atom stereocenters. The van der Waals surface area contributed by atoms with E-state index in [2.05, 4.69) is 26.1 Å². The normalized spacial score (nSPS) is 12.1. The molecule has 1 aromatic carbocycles. The lowest BCUT2D eigenvalue weighted by molar-refractivity contribution is 0.00110. The lowest BCUT2D eigenvalue weighted by Crippen LogP contribution is -2.18. The van der Waals surface area contributed by atoms with Crippen LogP contribution < -0.4 is 0 Å². The van der Waals surface area contributed by atoms with Gasteiger partial charge in [0, 0.05) is 10.0 Å². The zero-order valence-corrected chi connectivity index (χ0v) is 15.0. The van der Waals surface area contributed by atoms with E-state index in [1.807, 2.05) is 26.8 Å². The van der Waals surface area contributed by atoms with E-state index in [1.54, 1.807) is 18.2 Å². The Morgan fingerprint density at radius 3 is 2.54 bits per heavy atom. The van der Waals surface area contributed by atoms with Crippen molar-refractivity contribution in [2.75, 3.05) is 0 Å². The number of hydrogen-bond acceptors (Lipinski definition) is 5. The van der Waals surface area contributed by atoms with Crippen molar-refractivity contribution in [2.45, 2.75) is 26.4 Å². The van der Waals surface area contributed by atoms with Gasteiger partial charge >= 0.3 is 5.97 Å². The first-order valence-electron chi connectivity index (χ1n) is 7.13. The fraction of sp³-hybridized carbons (Fsp3) is 0.235. The van der Waals surface area contributed by atoms with Crippen LogP contribution in [0.5, 0.6) is 5.75 Å². The molecular weight excluding hydrogens is 376 g/mol. The number of rotatable bonds is 4. The molecule has 7 heteroatoms. The van der Waals surface area contributed by atoms with Crippen molar-refractivity contribution < 1.29 is 19.8 Å². The molecular formula is C17H17BrN2O4. The van der Waals surface area contributed by atoms with E-state index in [0.29, 0.717) is 5.56 Å². The van der Waals surface area contributed by atoms with Crippen molar-refractivity contribution in [1.29, 1.82) is 0 Å². The molecule has 1 aromatic heterocycles. The van der Waals surface area contributed by atoms with Gasteiger partial charge in [-0.1, -0.05) is 33.2 Å². The lowest BCUT2D eigenvalue weighted by Gasteiger charge is -2.17. The molecule has 0 atom stereocenters. The van der Waals surface area contributed by atoms with Gasteiger partial charge in [0.25, 0.3) is 0 Å². The Hall–Kier alpha value is -2.41. The average Bonchev–Trinajstić information content (AvgIpc) is 2.48. The zero-order valence-electron chi connectivity index (χ0n) is 13.4. The second kappa shape index (κ2) is 7.00. The third-order valence-corrected chi connectivity index (χ3v) is 3.32. The number of aromatic nitrogens is 1. The molecule has 24 heavy (non-hydrogen) atoms. The highest BCUT2D eigenvalue weighted by molar-refractivity contribution is 9.10. The second-order valence-corrected chi connectivity index (χ2v) is 6.94. The van der Waals surface area contributed by atoms with Gasteiger partial charge in [0.15, 0.2) is 0 Å². The van der Waals surface area contributed by atoms with Crippen LogP contribution in [0.4, 0.5) is 0 Å². The van der Waals surface area contributed by atoms with Crippen LogP contribution in [-0.4, -0.2) is 32.5 Å². The molecule has 0 aliphatic heterocycles. The first-order valence-corrected chi connectivity index (χ1v) is 7.92. The van der Waals surface area contributed by atoms with Crippen LogP contribution in [0.2, 0.25) is 0 Å². The van der Waals surface area contributed by atoms with Crippen LogP contribution in [0.25, 0.3) is 0 Å². The van der Waals surface area contributed by atoms with E-state index in [9.17, 15) is 9.90 Å². The topological polar surface area (TPSA) is 92.0 Å². The number of hydrogen-bond donors (Lipinski definition) is 2. The average molecular weight is 393 g/mol. The van der Waals surface area contributed by atoms with Gasteiger partial charge in [0.1, 0.15) is 28.5 Å². The quantitative estimate of drug-likeness (QED) is 0.609. The van der Waals surface area contributed by atoms with E-state index < -0.39 is 11.6 Å². The van der Waals surface area contributed by atoms with Crippen molar-refractivity contribution in [3.05, 3.63) is 57.8 Å². The largest absolute Gasteiger partial charge is 0.506 e. The Balaban J connectivity index is 2.62. The van der Waals surface area contributed by atoms with Gasteiger partial charge in [-0.3, -0.25) is 0 Å². The summed E-state index contributed by atoms with van der Waals surface area (Å²) in [5.41, 5.74) is 0.154. The predicted octanol–water partition coefficient (Wildman–Crippen LogP) is 3.82. The van der Waals surface area contributed by atoms with Crippen LogP contribution in [0.15, 0.2) is 46.0 Å². The first kappa shape index (κ1) is 17.9. The van der Waals surface area contributed by atoms with Gasteiger partial charge < -0.3 is 15.1 Å². The van der Waals surface area contributed by atoms with E-state index in [4.69, 9.17) is 9.94 Å². The van der Waals surface area contributed by atoms with Crippen molar-refractivity contribution in [3.63, 3.8) is 0 Å². The highest BCUT2D eigenvalue weighted by Gasteiger charge is 2.19. The van der Waals surface area contributed by atoms with Crippen molar-refractivity contribution >= 4 is 27.6 Å². The SMILES string of the molecule is CC(C)(C)O/N=C(/c1cccc(Br)c1)c1nc(C(=O)O)ccc1O. The molecule has 0 aliphatic carbocycles. The van der Waals surface area contributed by atoms with Crippen LogP contribution in [0, 0.1) is 0 Å². The number of nitrogens with zero attached hydrogens (tertiary/aromatic N) is 2. The summed E-state index contributed by atoms with van der Waals surface area (Å²) in [5.74, 6) is -1.38. The fourth-order valence-corrected chi connectivity index (χ4v) is 2.20. The number of pyridine rings is 1. The highest BCUT2D eigenvalue weighted by Crippen LogP contribution is 2.23. The number of aromatic hydroxyl groups is 1. The van der Waals surface area contributed by atoms with Crippen molar-refractivity contribution in [2.24, 2.45) is 5.16 Å². The van der Waals surface area contributed by atoms with Crippen LogP contribution in [-0.2, 0) is 4.84 Å². The van der Waals surface area contributed by atoms with Gasteiger partial charge in [-0.15, -0.1) is 0 Å². The minimum atomic E-state index is -1.19. The molecule has 2 N–H and O–H groups in total. The minimum absolute atomic E-state index is 0.0391. The number of benzene rings is 1. The van der Waals surface area contributed by atoms with E-state index in [1.165, 1.54) is 12.1 Å². The maximum absolute atomic E-state index is 11.2. The van der Waals surface area contributed by atoms with Gasteiger partial charge in [-0.25, -0.2) is 9.78 Å². The Kier molecular flexibility index (Phi) is 5.23. The minimum Gasteiger partial charge on any atom is -0.506 e. The van der Waals surface area contributed by atoms with E-state index in [-0.39, 0.29) is 22.8 Å². The highest BCUT2D eigenvalue weighted by atomic mass is 79.9. The molecule has 1 heterocycles. The first-order chi connectivity index (χ1) is 11.2. The maximum Gasteiger partial charge on any atom is 0.354 e. The standard InChI is InChI=1S/C17H17BrN2O4/c1-17(2,3)24-20-14(10-5-4-6-11(18)9-10)15-13(21)8-7-12(19-15)16(22)23/h4-9,21H,1-3H3,(H,22,23)/b20-14-. The van der Waals surface area contributed by atoms with Crippen LogP contribution >= 0.6 is 15.9 Å². The van der Waals surface area contributed by atoms with Crippen LogP contribution in [0.3, 0.4) is 0 Å². The van der Waals surface area contributed by atoms with E-state index >= 15 is 0 Å². The number of aromatic carboxylic acids is 1. The maximum atomic E-state index is 11.2. The summed E-state index contributed by atoms with van der Waals surface area (Å²) in [6.07, 6.45) is 0. The third kappa shape index (κ3) is 4.55. The van der Waals surface area contributed by atoms with E-state index in [0.717, 1.165) is 4.47 Å². The molecule has 0 spiro atoms. The summed E-state index contributed by atoms with van der Waals surface area (Å²) in [5, 5.41) is 23.4. The molecule has 0 aliphatic rings. The summed E-state index contributed by atoms with van der Waals surface area (Å²) in [6, 6.07) is 9.68. The summed E-state index contributed by atoms with van der Waals surface area (Å²) < 4.78 is 0.803. The molecule has 0 saturated heterocycles. The number of carbonyl (C=O) groups is 1. The Morgan fingerprint density at radius 2 is 1.96 bits per heavy atom. The van der Waals surface area contributed by atoms with Gasteiger partial charge in [0.05, 0.1) is 0 Å². The molecule has 0 fully saturated rings. The smallest absolute Gasteiger partial charge is 0.354 e. The Labute approximate surface area is 147 Å². The molecule has 0 radical (unpaired) electrons. The van der Waals surface area contributed by atoms with Crippen molar-refractivity contribution in [1.82, 2.24) is 4.98 Å². The Morgan fingerprint density at radius 1 is 1.25 bits per heavy atom. The van der Waals surface area contributed by atoms with Crippen molar-refractivity contribution in [3.8, 4) is 5.75 Å². The zero-order chi connectivity index (χ0) is 17.9. The van der Waals surface area contributed by atoms with Gasteiger partial charge in [0.2, 0.25) is 0 Å². The van der Waals surface area contributed by atoms with Gasteiger partial charge in [-0.05, 0) is 45.0 Å². The number of oxime groups is 1. The molecule has 0 saturated carbocycles. The summed E-state index contributed by atoms with van der Waals surface area (Å²) in [6.45, 7) is 5.49. The number of halogens is 1. The number of carboxylic acids is 1. The molecule has 126 valence electrons. The molecule has 2 rings (SSSR count). The summed E-state index contributed by atoms with van der Waals surface area (Å²) in [4.78, 5) is 20.6. The van der Waals surface area contributed by atoms with Crippen LogP contribution in [0.1, 0.15) is 42.5 Å². The molecule has 0 amide bonds. The molecule has 0 bridgehead atoms. The Bertz CT molecular complexity index is 797. The molecule has 2 aromatic rings. The monoisotopic (exact) mass is 392 g/mol. The number of carboxylic acid groups (broad SMARTS) is 1. The van der Waals surface area contributed by atoms with Gasteiger partial charge in [-0.2, -0.15) is 0 Å². The lowest BCUT2D eigenvalue weighted by atomic mass is 10.1. The summed E-state index contributed by atoms with van der Waals surface area (Å²) in [7, 11) is 0. The predicted molar refractivity (Wildman–Crippen MR) is 93.5 cm³/mol. The summed E-state index contributed by atoms with van der Waals surface area (Å²) >= 11 is 3.38. The third-order valence-electron chi connectivity index (χ3n) is 2.83. The second-order valence-electron chi connectivity index (χ2n) is 6.02. The fourth-order valence-electron chi connectivity index (χ4n) is 1.80.